The Bertz CT molecular complexity index is 979. The molecule has 1 aromatic heterocycles. The van der Waals surface area contributed by atoms with Gasteiger partial charge in [0.05, 0.1) is 16.8 Å². The van der Waals surface area contributed by atoms with Crippen LogP contribution in [0.4, 0.5) is 5.13 Å². The van der Waals surface area contributed by atoms with Gasteiger partial charge >= 0.3 is 7.12 Å². The molecule has 2 aliphatic rings. The summed E-state index contributed by atoms with van der Waals surface area (Å²) in [7, 11) is -1.01. The van der Waals surface area contributed by atoms with Gasteiger partial charge in [-0.05, 0) is 53.3 Å². The molecule has 122 valence electrons. The van der Waals surface area contributed by atoms with Gasteiger partial charge in [0.1, 0.15) is 0 Å². The molecule has 0 spiro atoms. The number of nitrogens with zero attached hydrogens (tertiary/aromatic N) is 2. The van der Waals surface area contributed by atoms with Crippen molar-refractivity contribution in [2.45, 2.75) is 65.4 Å². The summed E-state index contributed by atoms with van der Waals surface area (Å²) in [5.74, 6) is -3.72. The Morgan fingerprint density at radius 1 is 1.41 bits per heavy atom. The maximum atomic E-state index is 8.54. The lowest BCUT2D eigenvalue weighted by Gasteiger charge is -2.32. The monoisotopic (exact) mass is 334 g/mol. The minimum Gasteiger partial charge on any atom is -0.398 e. The molecule has 0 bridgehead atoms. The number of aromatic nitrogens is 1. The molecular weight excluding hydrogens is 295 g/mol. The highest BCUT2D eigenvalue weighted by Crippen LogP contribution is 2.37. The molecule has 4 nitrogen and oxygen atoms in total. The highest BCUT2D eigenvalue weighted by molar-refractivity contribution is 7.16. The lowest BCUT2D eigenvalue weighted by atomic mass is 9.84. The molecule has 0 saturated carbocycles. The van der Waals surface area contributed by atoms with E-state index in [-0.39, 0.29) is 10.5 Å². The minimum atomic E-state index is -3.75. The smallest absolute Gasteiger partial charge is 0.398 e. The van der Waals surface area contributed by atoms with Crippen LogP contribution < -0.4 is 10.5 Å². The second-order valence-electron chi connectivity index (χ2n) is 6.21. The summed E-state index contributed by atoms with van der Waals surface area (Å²) in [6.07, 6.45) is -7.37. The maximum Gasteiger partial charge on any atom is 0.515 e. The van der Waals surface area contributed by atoms with Gasteiger partial charge in [0.15, 0.2) is 5.13 Å². The van der Waals surface area contributed by atoms with E-state index in [0.717, 1.165) is 11.3 Å². The third-order valence-electron chi connectivity index (χ3n) is 4.07. The third kappa shape index (κ3) is 2.81. The molecule has 1 aromatic rings. The Hall–Kier alpha value is -0.585. The summed E-state index contributed by atoms with van der Waals surface area (Å²) in [4.78, 5) is 4.82. The second kappa shape index (κ2) is 5.50. The molecule has 0 aromatic carbocycles. The van der Waals surface area contributed by atoms with Gasteiger partial charge in [-0.1, -0.05) is 6.85 Å². The first-order chi connectivity index (χ1) is 14.8. The normalized spacial score (nSPS) is 48.6. The molecule has 3 rings (SSSR count). The number of piperidine rings is 1. The van der Waals surface area contributed by atoms with Gasteiger partial charge in [0.2, 0.25) is 0 Å². The summed E-state index contributed by atoms with van der Waals surface area (Å²) >= 11 is 0.744. The summed E-state index contributed by atoms with van der Waals surface area (Å²) in [6.45, 7) is -1.83. The van der Waals surface area contributed by atoms with Crippen LogP contribution in [0.1, 0.15) is 68.6 Å². The molecule has 0 radical (unpaired) electrons. The van der Waals surface area contributed by atoms with E-state index < -0.39 is 61.9 Å². The lowest BCUT2D eigenvalue weighted by molar-refractivity contribution is 0.00578. The van der Waals surface area contributed by atoms with Crippen molar-refractivity contribution in [2.24, 2.45) is 5.89 Å². The van der Waals surface area contributed by atoms with Crippen molar-refractivity contribution in [1.29, 1.82) is 0 Å². The van der Waals surface area contributed by atoms with Crippen LogP contribution in [0, 0.1) is 12.8 Å². The number of anilines is 1. The Labute approximate surface area is 155 Å². The predicted molar refractivity (Wildman–Crippen MR) is 93.2 cm³/mol. The van der Waals surface area contributed by atoms with E-state index in [4.69, 9.17) is 25.8 Å². The zero-order chi connectivity index (χ0) is 26.7. The van der Waals surface area contributed by atoms with Crippen LogP contribution in [0.5, 0.6) is 0 Å². The molecule has 0 amide bonds. The van der Waals surface area contributed by atoms with Crippen LogP contribution in [0.2, 0.25) is 0 Å². The van der Waals surface area contributed by atoms with Crippen LogP contribution in [0.15, 0.2) is 0 Å². The van der Waals surface area contributed by atoms with Crippen molar-refractivity contribution in [2.75, 3.05) is 17.9 Å². The van der Waals surface area contributed by atoms with Gasteiger partial charge in [-0.3, -0.25) is 0 Å². The van der Waals surface area contributed by atoms with Crippen LogP contribution in [-0.2, 0) is 9.31 Å². The molecule has 22 heavy (non-hydrogen) atoms. The van der Waals surface area contributed by atoms with Crippen molar-refractivity contribution in [3.05, 3.63) is 4.88 Å². The zero-order valence-corrected chi connectivity index (χ0v) is 14.0. The van der Waals surface area contributed by atoms with Crippen molar-refractivity contribution in [1.82, 2.24) is 4.98 Å². The Morgan fingerprint density at radius 2 is 2.09 bits per heavy atom. The summed E-state index contributed by atoms with van der Waals surface area (Å²) in [6, 6.07) is 0. The Morgan fingerprint density at radius 3 is 2.73 bits per heavy atom. The molecular formula is C16H27BN2O2S. The molecule has 0 aliphatic carbocycles. The van der Waals surface area contributed by atoms with Gasteiger partial charge in [-0.2, -0.15) is 0 Å². The third-order valence-corrected chi connectivity index (χ3v) is 5.04. The first-order valence-electron chi connectivity index (χ1n) is 12.9. The number of aryl methyl sites for hydroxylation is 1. The summed E-state index contributed by atoms with van der Waals surface area (Å²) < 4.78 is 110. The molecule has 6 heteroatoms. The number of thiazole rings is 1. The van der Waals surface area contributed by atoms with Gasteiger partial charge in [0.25, 0.3) is 0 Å². The van der Waals surface area contributed by atoms with E-state index >= 15 is 0 Å². The van der Waals surface area contributed by atoms with Crippen LogP contribution in [0.25, 0.3) is 0 Å². The fraction of sp³-hybridized carbons (Fsp3) is 0.812. The van der Waals surface area contributed by atoms with E-state index in [2.05, 4.69) is 4.98 Å². The van der Waals surface area contributed by atoms with E-state index in [0.29, 0.717) is 4.88 Å². The molecule has 1 atom stereocenters. The molecule has 0 N–H and O–H groups in total. The maximum absolute atomic E-state index is 8.54. The average Bonchev–Trinajstić information content (AvgIpc) is 3.07. The summed E-state index contributed by atoms with van der Waals surface area (Å²) in [5.41, 5.74) is -1.32. The molecule has 2 aliphatic heterocycles. The van der Waals surface area contributed by atoms with E-state index in [1.165, 1.54) is 0 Å². The highest BCUT2D eigenvalue weighted by atomic mass is 32.1. The zero-order valence-electron chi connectivity index (χ0n) is 25.2. The first kappa shape index (κ1) is 7.12. The first-order valence-corrected chi connectivity index (χ1v) is 7.76. The van der Waals surface area contributed by atoms with Crippen molar-refractivity contribution in [3.8, 4) is 0 Å². The fourth-order valence-electron chi connectivity index (χ4n) is 2.07. The predicted octanol–water partition coefficient (Wildman–Crippen LogP) is 2.99. The molecule has 2 fully saturated rings. The van der Waals surface area contributed by atoms with Gasteiger partial charge < -0.3 is 14.2 Å². The Kier molecular flexibility index (Phi) is 1.78. The molecule has 3 heterocycles. The number of hydrogen-bond donors (Lipinski definition) is 0. The van der Waals surface area contributed by atoms with E-state index in [1.807, 2.05) is 0 Å². The largest absolute Gasteiger partial charge is 0.515 e. The standard InChI is InChI=1S/C16H27BN2O2S/c1-11-8-7-9-19(10-11)14-18-13(12(2)22-14)17-20-15(3,4)16(5,6)21-17/h11H,7-10H2,1-6H3/i1D3,7D2,8D2,9D2,10D2,11D. The number of rotatable bonds is 2. The summed E-state index contributed by atoms with van der Waals surface area (Å²) in [5, 5.41) is -0.461. The topological polar surface area (TPSA) is 34.6 Å². The van der Waals surface area contributed by atoms with Crippen molar-refractivity contribution in [3.63, 3.8) is 0 Å². The van der Waals surface area contributed by atoms with Crippen molar-refractivity contribution >= 4 is 29.2 Å². The van der Waals surface area contributed by atoms with Gasteiger partial charge in [-0.25, -0.2) is 4.98 Å². The van der Waals surface area contributed by atoms with Crippen LogP contribution in [0.3, 0.4) is 0 Å². The van der Waals surface area contributed by atoms with Gasteiger partial charge in [0, 0.05) is 34.3 Å². The highest BCUT2D eigenvalue weighted by Gasteiger charge is 2.53. The van der Waals surface area contributed by atoms with E-state index in [9.17, 15) is 0 Å². The molecule has 2 saturated heterocycles. The Balaban J connectivity index is 2.23. The second-order valence-corrected chi connectivity index (χ2v) is 7.39. The molecule has 1 unspecified atom stereocenters. The minimum absolute atomic E-state index is 0.146. The van der Waals surface area contributed by atoms with Crippen LogP contribution in [-0.4, -0.2) is 36.3 Å². The van der Waals surface area contributed by atoms with Crippen molar-refractivity contribution < 1.29 is 25.8 Å². The average molecular weight is 334 g/mol. The number of hydrogen-bond acceptors (Lipinski definition) is 5. The fourth-order valence-corrected chi connectivity index (χ4v) is 2.92. The lowest BCUT2D eigenvalue weighted by Crippen LogP contribution is -2.41. The quantitative estimate of drug-likeness (QED) is 0.779. The van der Waals surface area contributed by atoms with Gasteiger partial charge in [-0.15, -0.1) is 11.3 Å². The van der Waals surface area contributed by atoms with Crippen LogP contribution >= 0.6 is 11.3 Å². The van der Waals surface area contributed by atoms with E-state index in [1.54, 1.807) is 34.6 Å². The SMILES string of the molecule is [2H]C([2H])([2H])C1([2H])C([2H])([2H])N(c2nc(B3OC(C)(C)C(C)(C)O3)c(C)s2)C([2H])([2H])C([2H])([2H])C1([2H])[2H].